The van der Waals surface area contributed by atoms with Crippen molar-refractivity contribution in [1.29, 1.82) is 0 Å². The number of amides is 1. The van der Waals surface area contributed by atoms with Crippen molar-refractivity contribution in [3.8, 4) is 5.75 Å². The van der Waals surface area contributed by atoms with E-state index in [4.69, 9.17) is 0 Å². The minimum absolute atomic E-state index is 0.0731. The third-order valence-electron chi connectivity index (χ3n) is 4.50. The molecular formula is C20H29F2N5O2S. The van der Waals surface area contributed by atoms with Crippen LogP contribution in [0.4, 0.5) is 14.5 Å². The van der Waals surface area contributed by atoms with Gasteiger partial charge in [0.2, 0.25) is 5.91 Å². The number of rotatable bonds is 12. The highest BCUT2D eigenvalue weighted by atomic mass is 32.2. The Bertz CT molecular complexity index is 816. The van der Waals surface area contributed by atoms with E-state index in [0.717, 1.165) is 31.6 Å². The van der Waals surface area contributed by atoms with Gasteiger partial charge < -0.3 is 14.6 Å². The standard InChI is InChI=1S/C20H29F2N5O2S/c1-5-7-12-27-18(15(6-2)26(3)4)24-25-20(27)30-13-17(28)23-14-10-8-9-11-16(14)29-19(21)22/h8-11,15,19H,5-7,12-13H2,1-4H3,(H,23,28). The van der Waals surface area contributed by atoms with Crippen molar-refractivity contribution in [3.63, 3.8) is 0 Å². The molecule has 1 N–H and O–H groups in total. The molecule has 0 aliphatic carbocycles. The van der Waals surface area contributed by atoms with E-state index in [0.29, 0.717) is 5.16 Å². The Morgan fingerprint density at radius 1 is 1.27 bits per heavy atom. The summed E-state index contributed by atoms with van der Waals surface area (Å²) >= 11 is 1.27. The fourth-order valence-corrected chi connectivity index (χ4v) is 3.81. The molecule has 1 amide bonds. The zero-order chi connectivity index (χ0) is 22.1. The molecule has 166 valence electrons. The van der Waals surface area contributed by atoms with Gasteiger partial charge in [-0.2, -0.15) is 8.78 Å². The normalized spacial score (nSPS) is 12.4. The van der Waals surface area contributed by atoms with Gasteiger partial charge in [-0.3, -0.25) is 9.69 Å². The fourth-order valence-electron chi connectivity index (χ4n) is 3.04. The molecule has 30 heavy (non-hydrogen) atoms. The SMILES string of the molecule is CCCCn1c(SCC(=O)Nc2ccccc2OC(F)F)nnc1C(CC)N(C)C. The first-order valence-corrected chi connectivity index (χ1v) is 10.9. The lowest BCUT2D eigenvalue weighted by atomic mass is 10.2. The molecule has 0 spiro atoms. The second kappa shape index (κ2) is 11.8. The molecule has 1 aromatic carbocycles. The number of anilines is 1. The van der Waals surface area contributed by atoms with E-state index in [1.54, 1.807) is 12.1 Å². The largest absolute Gasteiger partial charge is 0.433 e. The van der Waals surface area contributed by atoms with Crippen molar-refractivity contribution < 1.29 is 18.3 Å². The Morgan fingerprint density at radius 3 is 2.63 bits per heavy atom. The van der Waals surface area contributed by atoms with Crippen molar-refractivity contribution >= 4 is 23.4 Å². The smallest absolute Gasteiger partial charge is 0.387 e. The van der Waals surface area contributed by atoms with Gasteiger partial charge in [-0.1, -0.05) is 44.2 Å². The van der Waals surface area contributed by atoms with Gasteiger partial charge in [-0.05, 0) is 39.1 Å². The molecule has 1 heterocycles. The van der Waals surface area contributed by atoms with Crippen LogP contribution in [0.25, 0.3) is 0 Å². The zero-order valence-corrected chi connectivity index (χ0v) is 18.6. The summed E-state index contributed by atoms with van der Waals surface area (Å²) in [7, 11) is 4.01. The fraction of sp³-hybridized carbons (Fsp3) is 0.550. The maximum Gasteiger partial charge on any atom is 0.387 e. The van der Waals surface area contributed by atoms with Crippen LogP contribution in [0.15, 0.2) is 29.4 Å². The molecule has 2 aromatic rings. The summed E-state index contributed by atoms with van der Waals surface area (Å²) < 4.78 is 31.6. The molecule has 1 atom stereocenters. The van der Waals surface area contributed by atoms with Gasteiger partial charge in [0.15, 0.2) is 11.0 Å². The summed E-state index contributed by atoms with van der Waals surface area (Å²) in [6.07, 6.45) is 2.90. The predicted molar refractivity (Wildman–Crippen MR) is 114 cm³/mol. The number of carbonyl (C=O) groups excluding carboxylic acids is 1. The van der Waals surface area contributed by atoms with Gasteiger partial charge >= 0.3 is 6.61 Å². The molecule has 0 radical (unpaired) electrons. The molecule has 0 saturated carbocycles. The lowest BCUT2D eigenvalue weighted by Crippen LogP contribution is -2.23. The van der Waals surface area contributed by atoms with E-state index in [9.17, 15) is 13.6 Å². The number of carbonyl (C=O) groups is 1. The molecule has 10 heteroatoms. The summed E-state index contributed by atoms with van der Waals surface area (Å²) in [5.74, 6) is 0.550. The molecule has 1 unspecified atom stereocenters. The second-order valence-electron chi connectivity index (χ2n) is 6.95. The number of thioether (sulfide) groups is 1. The number of para-hydroxylation sites is 2. The number of hydrogen-bond acceptors (Lipinski definition) is 6. The Morgan fingerprint density at radius 2 is 2.00 bits per heavy atom. The second-order valence-corrected chi connectivity index (χ2v) is 7.89. The highest BCUT2D eigenvalue weighted by molar-refractivity contribution is 7.99. The number of nitrogens with one attached hydrogen (secondary N) is 1. The molecule has 7 nitrogen and oxygen atoms in total. The molecular weight excluding hydrogens is 412 g/mol. The number of benzene rings is 1. The monoisotopic (exact) mass is 441 g/mol. The summed E-state index contributed by atoms with van der Waals surface area (Å²) in [4.78, 5) is 14.5. The van der Waals surface area contributed by atoms with E-state index < -0.39 is 6.61 Å². The molecule has 1 aromatic heterocycles. The van der Waals surface area contributed by atoms with Gasteiger partial charge in [-0.25, -0.2) is 0 Å². The Labute approximate surface area is 180 Å². The van der Waals surface area contributed by atoms with Gasteiger partial charge in [-0.15, -0.1) is 10.2 Å². The molecule has 0 fully saturated rings. The summed E-state index contributed by atoms with van der Waals surface area (Å²) in [5.41, 5.74) is 0.204. The van der Waals surface area contributed by atoms with Crippen LogP contribution in [0.5, 0.6) is 5.75 Å². The van der Waals surface area contributed by atoms with E-state index in [-0.39, 0.29) is 29.1 Å². The van der Waals surface area contributed by atoms with Crippen LogP contribution in [0.1, 0.15) is 45.0 Å². The summed E-state index contributed by atoms with van der Waals surface area (Å²) in [6.45, 7) is 2.03. The molecule has 2 rings (SSSR count). The van der Waals surface area contributed by atoms with Crippen molar-refractivity contribution in [2.45, 2.75) is 57.5 Å². The average Bonchev–Trinajstić information content (AvgIpc) is 3.08. The van der Waals surface area contributed by atoms with Crippen molar-refractivity contribution in [3.05, 3.63) is 30.1 Å². The van der Waals surface area contributed by atoms with Gasteiger partial charge in [0, 0.05) is 6.54 Å². The summed E-state index contributed by atoms with van der Waals surface area (Å²) in [6, 6.07) is 6.24. The van der Waals surface area contributed by atoms with Crippen LogP contribution in [-0.2, 0) is 11.3 Å². The first kappa shape index (κ1) is 24.1. The zero-order valence-electron chi connectivity index (χ0n) is 17.8. The topological polar surface area (TPSA) is 72.3 Å². The highest BCUT2D eigenvalue weighted by Crippen LogP contribution is 2.28. The van der Waals surface area contributed by atoms with Gasteiger partial charge in [0.05, 0.1) is 17.5 Å². The lowest BCUT2D eigenvalue weighted by Gasteiger charge is -2.23. The third-order valence-corrected chi connectivity index (χ3v) is 5.47. The number of halogens is 2. The van der Waals surface area contributed by atoms with E-state index in [1.165, 1.54) is 23.9 Å². The van der Waals surface area contributed by atoms with Crippen molar-refractivity contribution in [1.82, 2.24) is 19.7 Å². The van der Waals surface area contributed by atoms with Crippen molar-refractivity contribution in [2.24, 2.45) is 0 Å². The van der Waals surface area contributed by atoms with Crippen LogP contribution in [0, 0.1) is 0 Å². The Hall–Kier alpha value is -2.20. The van der Waals surface area contributed by atoms with Gasteiger partial charge in [0.25, 0.3) is 0 Å². The van der Waals surface area contributed by atoms with Crippen molar-refractivity contribution in [2.75, 3.05) is 25.2 Å². The maximum atomic E-state index is 12.5. The first-order valence-electron chi connectivity index (χ1n) is 9.93. The number of unbranched alkanes of at least 4 members (excludes halogenated alkanes) is 1. The van der Waals surface area contributed by atoms with Gasteiger partial charge in [0.1, 0.15) is 5.75 Å². The Balaban J connectivity index is 2.10. The van der Waals surface area contributed by atoms with Crippen LogP contribution < -0.4 is 10.1 Å². The highest BCUT2D eigenvalue weighted by Gasteiger charge is 2.22. The number of nitrogens with zero attached hydrogens (tertiary/aromatic N) is 4. The number of aromatic nitrogens is 3. The lowest BCUT2D eigenvalue weighted by molar-refractivity contribution is -0.113. The quantitative estimate of drug-likeness (QED) is 0.492. The average molecular weight is 442 g/mol. The predicted octanol–water partition coefficient (Wildman–Crippen LogP) is 4.42. The molecule has 0 saturated heterocycles. The molecule has 0 aliphatic heterocycles. The third kappa shape index (κ3) is 6.66. The van der Waals surface area contributed by atoms with E-state index in [2.05, 4.69) is 43.6 Å². The van der Waals surface area contributed by atoms with Crippen LogP contribution >= 0.6 is 11.8 Å². The number of hydrogen-bond donors (Lipinski definition) is 1. The minimum atomic E-state index is -2.96. The van der Waals surface area contributed by atoms with Crippen LogP contribution in [0.3, 0.4) is 0 Å². The molecule has 0 bridgehead atoms. The Kier molecular flexibility index (Phi) is 9.51. The minimum Gasteiger partial charge on any atom is -0.433 e. The summed E-state index contributed by atoms with van der Waals surface area (Å²) in [5, 5.41) is 12.0. The van der Waals surface area contributed by atoms with Crippen LogP contribution in [0.2, 0.25) is 0 Å². The van der Waals surface area contributed by atoms with E-state index >= 15 is 0 Å². The first-order chi connectivity index (χ1) is 14.4. The maximum absolute atomic E-state index is 12.5. The van der Waals surface area contributed by atoms with E-state index in [1.807, 2.05) is 14.1 Å². The molecule has 0 aliphatic rings. The number of ether oxygens (including phenoxy) is 1. The van der Waals surface area contributed by atoms with Crippen LogP contribution in [-0.4, -0.2) is 52.0 Å². The number of alkyl halides is 2.